The summed E-state index contributed by atoms with van der Waals surface area (Å²) in [5, 5.41) is 12.2. The first-order chi connectivity index (χ1) is 9.91. The topological polar surface area (TPSA) is 69.6 Å². The number of aliphatic carboxylic acids is 1. The van der Waals surface area contributed by atoms with E-state index in [1.165, 1.54) is 0 Å². The van der Waals surface area contributed by atoms with E-state index in [1.807, 2.05) is 18.2 Å². The fourth-order valence-electron chi connectivity index (χ4n) is 1.82. The third-order valence-electron chi connectivity index (χ3n) is 3.22. The van der Waals surface area contributed by atoms with Crippen LogP contribution in [0, 0.1) is 5.92 Å². The molecule has 1 unspecified atom stereocenters. The van der Waals surface area contributed by atoms with Crippen LogP contribution in [0.3, 0.4) is 0 Å². The Kier molecular flexibility index (Phi) is 7.02. The molecule has 0 saturated heterocycles. The van der Waals surface area contributed by atoms with Crippen LogP contribution < -0.4 is 5.32 Å². The number of carboxylic acid groups (broad SMARTS) is 1. The highest BCUT2D eigenvalue weighted by Crippen LogP contribution is 2.16. The van der Waals surface area contributed by atoms with Crippen molar-refractivity contribution in [2.24, 2.45) is 5.92 Å². The average molecular weight is 313 g/mol. The Morgan fingerprint density at radius 2 is 2.05 bits per heavy atom. The summed E-state index contributed by atoms with van der Waals surface area (Å²) in [6.07, 6.45) is 1.18. The van der Waals surface area contributed by atoms with Gasteiger partial charge in [-0.3, -0.25) is 4.79 Å². The number of rotatable bonds is 7. The third kappa shape index (κ3) is 6.04. The molecule has 1 atom stereocenters. The number of nitrogens with zero attached hydrogens (tertiary/aromatic N) is 1. The van der Waals surface area contributed by atoms with Crippen molar-refractivity contribution in [3.63, 3.8) is 0 Å². The molecule has 116 valence electrons. The third-order valence-corrected chi connectivity index (χ3v) is 3.59. The molecule has 0 spiro atoms. The molecule has 0 aliphatic rings. The minimum absolute atomic E-state index is 0.196. The molecule has 0 aliphatic heterocycles. The summed E-state index contributed by atoms with van der Waals surface area (Å²) >= 11 is 6.05. The Morgan fingerprint density at radius 3 is 2.67 bits per heavy atom. The maximum atomic E-state index is 11.9. The van der Waals surface area contributed by atoms with Crippen LogP contribution in [0.15, 0.2) is 24.3 Å². The first kappa shape index (κ1) is 17.3. The molecular formula is C15H21ClN2O3. The van der Waals surface area contributed by atoms with Gasteiger partial charge in [0.1, 0.15) is 0 Å². The standard InChI is InChI=1S/C15H21ClN2O3/c1-11(14(19)20)6-5-9-17-15(21)18(2)10-12-7-3-4-8-13(12)16/h3-4,7-8,11H,5-6,9-10H2,1-2H3,(H,17,21)(H,19,20). The van der Waals surface area contributed by atoms with Gasteiger partial charge in [-0.05, 0) is 24.5 Å². The predicted octanol–water partition coefficient (Wildman–Crippen LogP) is 2.98. The molecule has 0 heterocycles. The zero-order valence-corrected chi connectivity index (χ0v) is 13.1. The number of benzene rings is 1. The quantitative estimate of drug-likeness (QED) is 0.760. The van der Waals surface area contributed by atoms with Crippen LogP contribution in [0.5, 0.6) is 0 Å². The van der Waals surface area contributed by atoms with Crippen molar-refractivity contribution >= 4 is 23.6 Å². The first-order valence-corrected chi connectivity index (χ1v) is 7.24. The predicted molar refractivity (Wildman–Crippen MR) is 82.4 cm³/mol. The van der Waals surface area contributed by atoms with E-state index in [0.29, 0.717) is 31.0 Å². The van der Waals surface area contributed by atoms with Crippen molar-refractivity contribution in [1.29, 1.82) is 0 Å². The molecule has 1 rings (SSSR count). The molecule has 6 heteroatoms. The van der Waals surface area contributed by atoms with Crippen LogP contribution in [-0.4, -0.2) is 35.6 Å². The lowest BCUT2D eigenvalue weighted by atomic mass is 10.1. The lowest BCUT2D eigenvalue weighted by Crippen LogP contribution is -2.37. The molecular weight excluding hydrogens is 292 g/mol. The summed E-state index contributed by atoms with van der Waals surface area (Å²) in [6.45, 7) is 2.55. The van der Waals surface area contributed by atoms with E-state index >= 15 is 0 Å². The van der Waals surface area contributed by atoms with E-state index < -0.39 is 5.97 Å². The van der Waals surface area contributed by atoms with Gasteiger partial charge < -0.3 is 15.3 Å². The van der Waals surface area contributed by atoms with Gasteiger partial charge in [-0.15, -0.1) is 0 Å². The number of hydrogen-bond acceptors (Lipinski definition) is 2. The SMILES string of the molecule is CC(CCCNC(=O)N(C)Cc1ccccc1Cl)C(=O)O. The van der Waals surface area contributed by atoms with Crippen molar-refractivity contribution in [3.05, 3.63) is 34.9 Å². The van der Waals surface area contributed by atoms with E-state index in [-0.39, 0.29) is 11.9 Å². The second kappa shape index (κ2) is 8.52. The van der Waals surface area contributed by atoms with E-state index in [1.54, 1.807) is 24.9 Å². The summed E-state index contributed by atoms with van der Waals surface area (Å²) in [5.74, 6) is -1.19. The van der Waals surface area contributed by atoms with Gasteiger partial charge in [-0.25, -0.2) is 4.79 Å². The summed E-state index contributed by atoms with van der Waals surface area (Å²) in [4.78, 5) is 24.1. The maximum Gasteiger partial charge on any atom is 0.317 e. The monoisotopic (exact) mass is 312 g/mol. The summed E-state index contributed by atoms with van der Waals surface area (Å²) in [5.41, 5.74) is 0.885. The average Bonchev–Trinajstić information content (AvgIpc) is 2.45. The molecule has 1 aromatic rings. The normalized spacial score (nSPS) is 11.8. The highest BCUT2D eigenvalue weighted by molar-refractivity contribution is 6.31. The Balaban J connectivity index is 2.32. The number of amides is 2. The smallest absolute Gasteiger partial charge is 0.317 e. The van der Waals surface area contributed by atoms with Gasteiger partial charge in [-0.1, -0.05) is 36.7 Å². The van der Waals surface area contributed by atoms with Gasteiger partial charge in [0.25, 0.3) is 0 Å². The van der Waals surface area contributed by atoms with Crippen LogP contribution in [0.2, 0.25) is 5.02 Å². The lowest BCUT2D eigenvalue weighted by molar-refractivity contribution is -0.141. The zero-order chi connectivity index (χ0) is 15.8. The van der Waals surface area contributed by atoms with Crippen molar-refractivity contribution in [2.75, 3.05) is 13.6 Å². The summed E-state index contributed by atoms with van der Waals surface area (Å²) in [6, 6.07) is 7.18. The number of carboxylic acids is 1. The van der Waals surface area contributed by atoms with Gasteiger partial charge in [0, 0.05) is 25.2 Å². The summed E-state index contributed by atoms with van der Waals surface area (Å²) in [7, 11) is 1.69. The van der Waals surface area contributed by atoms with Crippen LogP contribution in [0.4, 0.5) is 4.79 Å². The van der Waals surface area contributed by atoms with Crippen LogP contribution in [0.25, 0.3) is 0 Å². The maximum absolute atomic E-state index is 11.9. The molecule has 0 radical (unpaired) electrons. The minimum atomic E-state index is -0.808. The Bertz CT molecular complexity index is 494. The van der Waals surface area contributed by atoms with E-state index in [0.717, 1.165) is 5.56 Å². The molecule has 21 heavy (non-hydrogen) atoms. The van der Waals surface area contributed by atoms with Crippen molar-refractivity contribution in [3.8, 4) is 0 Å². The second-order valence-electron chi connectivity index (χ2n) is 5.06. The van der Waals surface area contributed by atoms with Gasteiger partial charge in [0.2, 0.25) is 0 Å². The molecule has 0 aliphatic carbocycles. The molecule has 0 aromatic heterocycles. The minimum Gasteiger partial charge on any atom is -0.481 e. The fraction of sp³-hybridized carbons (Fsp3) is 0.467. The first-order valence-electron chi connectivity index (χ1n) is 6.87. The number of carbonyl (C=O) groups excluding carboxylic acids is 1. The zero-order valence-electron chi connectivity index (χ0n) is 12.3. The molecule has 0 bridgehead atoms. The highest BCUT2D eigenvalue weighted by atomic mass is 35.5. The van der Waals surface area contributed by atoms with Gasteiger partial charge in [0.15, 0.2) is 0 Å². The Morgan fingerprint density at radius 1 is 1.38 bits per heavy atom. The molecule has 1 aromatic carbocycles. The fourth-order valence-corrected chi connectivity index (χ4v) is 2.01. The molecule has 0 fully saturated rings. The van der Waals surface area contributed by atoms with Crippen molar-refractivity contribution in [1.82, 2.24) is 10.2 Å². The van der Waals surface area contributed by atoms with Crippen LogP contribution >= 0.6 is 11.6 Å². The lowest BCUT2D eigenvalue weighted by Gasteiger charge is -2.19. The highest BCUT2D eigenvalue weighted by Gasteiger charge is 2.12. The molecule has 0 saturated carbocycles. The van der Waals surface area contributed by atoms with E-state index in [2.05, 4.69) is 5.32 Å². The Labute approximate surface area is 129 Å². The van der Waals surface area contributed by atoms with Crippen molar-refractivity contribution in [2.45, 2.75) is 26.3 Å². The summed E-state index contributed by atoms with van der Waals surface area (Å²) < 4.78 is 0. The van der Waals surface area contributed by atoms with Gasteiger partial charge in [0.05, 0.1) is 5.92 Å². The molecule has 2 amide bonds. The van der Waals surface area contributed by atoms with Gasteiger partial charge in [-0.2, -0.15) is 0 Å². The largest absolute Gasteiger partial charge is 0.481 e. The number of urea groups is 1. The molecule has 5 nitrogen and oxygen atoms in total. The number of hydrogen-bond donors (Lipinski definition) is 2. The van der Waals surface area contributed by atoms with Crippen molar-refractivity contribution < 1.29 is 14.7 Å². The van der Waals surface area contributed by atoms with Gasteiger partial charge >= 0.3 is 12.0 Å². The number of halogens is 1. The van der Waals surface area contributed by atoms with E-state index in [9.17, 15) is 9.59 Å². The second-order valence-corrected chi connectivity index (χ2v) is 5.47. The number of nitrogens with one attached hydrogen (secondary N) is 1. The Hall–Kier alpha value is -1.75. The number of carbonyl (C=O) groups is 2. The van der Waals surface area contributed by atoms with E-state index in [4.69, 9.17) is 16.7 Å². The van der Waals surface area contributed by atoms with Crippen LogP contribution in [0.1, 0.15) is 25.3 Å². The van der Waals surface area contributed by atoms with Crippen LogP contribution in [-0.2, 0) is 11.3 Å². The molecule has 2 N–H and O–H groups in total.